The Hall–Kier alpha value is -2.37. The molecule has 88 valence electrons. The van der Waals surface area contributed by atoms with Crippen molar-refractivity contribution >= 4 is 28.9 Å². The Morgan fingerprint density at radius 3 is 2.71 bits per heavy atom. The Balaban J connectivity index is 2.57. The zero-order valence-corrected chi connectivity index (χ0v) is 9.39. The quantitative estimate of drug-likeness (QED) is 0.817. The first-order valence-electron chi connectivity index (χ1n) is 4.96. The molecule has 0 atom stereocenters. The maximum Gasteiger partial charge on any atom is 0.335 e. The molecule has 2 aromatic rings. The molecule has 2 N–H and O–H groups in total. The molecule has 0 fully saturated rings. The maximum absolute atomic E-state index is 11.0. The van der Waals surface area contributed by atoms with Gasteiger partial charge in [0.25, 0.3) is 0 Å². The summed E-state index contributed by atoms with van der Waals surface area (Å²) in [6.45, 7) is 1.39. The van der Waals surface area contributed by atoms with Crippen molar-refractivity contribution in [1.82, 2.24) is 9.55 Å². The van der Waals surface area contributed by atoms with Gasteiger partial charge in [-0.05, 0) is 18.2 Å². The number of aromatic nitrogens is 2. The normalized spacial score (nSPS) is 10.5. The van der Waals surface area contributed by atoms with Crippen LogP contribution in [0.1, 0.15) is 17.3 Å². The number of rotatable bonds is 2. The lowest BCUT2D eigenvalue weighted by Crippen LogP contribution is -2.10. The number of hydrogen-bond donors (Lipinski definition) is 2. The molecular formula is C11H11N3O3. The number of anilines is 1. The number of nitrogens with zero attached hydrogens (tertiary/aromatic N) is 2. The van der Waals surface area contributed by atoms with Crippen LogP contribution in [0.4, 0.5) is 5.95 Å². The van der Waals surface area contributed by atoms with E-state index in [1.54, 1.807) is 17.7 Å². The van der Waals surface area contributed by atoms with Crippen molar-refractivity contribution in [2.24, 2.45) is 7.05 Å². The smallest absolute Gasteiger partial charge is 0.335 e. The van der Waals surface area contributed by atoms with Gasteiger partial charge in [0.05, 0.1) is 16.6 Å². The van der Waals surface area contributed by atoms with Crippen molar-refractivity contribution in [3.05, 3.63) is 23.8 Å². The zero-order chi connectivity index (χ0) is 12.6. The minimum Gasteiger partial charge on any atom is -0.478 e. The number of benzene rings is 1. The SMILES string of the molecule is CC(=O)Nc1nc2cc(C(=O)O)ccc2n1C. The van der Waals surface area contributed by atoms with Crippen LogP contribution in [0.15, 0.2) is 18.2 Å². The second-order valence-electron chi connectivity index (χ2n) is 3.68. The molecule has 1 aromatic carbocycles. The standard InChI is InChI=1S/C11H11N3O3/c1-6(15)12-11-13-8-5-7(10(16)17)3-4-9(8)14(11)2/h3-5H,1-2H3,(H,16,17)(H,12,13,15). The van der Waals surface area contributed by atoms with E-state index in [1.165, 1.54) is 19.1 Å². The highest BCUT2D eigenvalue weighted by Crippen LogP contribution is 2.19. The molecule has 0 spiro atoms. The van der Waals surface area contributed by atoms with Gasteiger partial charge in [-0.25, -0.2) is 9.78 Å². The lowest BCUT2D eigenvalue weighted by molar-refractivity contribution is -0.114. The van der Waals surface area contributed by atoms with Crippen LogP contribution in [0, 0.1) is 0 Å². The number of aryl methyl sites for hydroxylation is 1. The summed E-state index contributed by atoms with van der Waals surface area (Å²) in [5, 5.41) is 11.4. The molecule has 1 aromatic heterocycles. The largest absolute Gasteiger partial charge is 0.478 e. The summed E-state index contributed by atoms with van der Waals surface area (Å²) in [4.78, 5) is 25.9. The van der Waals surface area contributed by atoms with Gasteiger partial charge >= 0.3 is 5.97 Å². The lowest BCUT2D eigenvalue weighted by atomic mass is 10.2. The third kappa shape index (κ3) is 1.96. The number of carbonyl (C=O) groups excluding carboxylic acids is 1. The van der Waals surface area contributed by atoms with E-state index in [4.69, 9.17) is 5.11 Å². The van der Waals surface area contributed by atoms with E-state index in [0.29, 0.717) is 11.5 Å². The van der Waals surface area contributed by atoms with Gasteiger partial charge in [-0.1, -0.05) is 0 Å². The van der Waals surface area contributed by atoms with E-state index in [2.05, 4.69) is 10.3 Å². The molecule has 6 nitrogen and oxygen atoms in total. The van der Waals surface area contributed by atoms with E-state index >= 15 is 0 Å². The van der Waals surface area contributed by atoms with Gasteiger partial charge in [0.2, 0.25) is 11.9 Å². The summed E-state index contributed by atoms with van der Waals surface area (Å²) < 4.78 is 1.70. The Bertz CT molecular complexity index is 616. The van der Waals surface area contributed by atoms with Gasteiger partial charge in [-0.3, -0.25) is 10.1 Å². The number of amides is 1. The van der Waals surface area contributed by atoms with Crippen molar-refractivity contribution in [3.8, 4) is 0 Å². The number of nitrogens with one attached hydrogen (secondary N) is 1. The third-order valence-electron chi connectivity index (χ3n) is 2.42. The van der Waals surface area contributed by atoms with E-state index in [1.807, 2.05) is 0 Å². The highest BCUT2D eigenvalue weighted by Gasteiger charge is 2.11. The summed E-state index contributed by atoms with van der Waals surface area (Å²) in [6.07, 6.45) is 0. The molecule has 0 aliphatic carbocycles. The topological polar surface area (TPSA) is 84.2 Å². The molecule has 0 unspecified atom stereocenters. The second-order valence-corrected chi connectivity index (χ2v) is 3.68. The van der Waals surface area contributed by atoms with Crippen LogP contribution >= 0.6 is 0 Å². The molecule has 0 aliphatic heterocycles. The second kappa shape index (κ2) is 3.89. The van der Waals surface area contributed by atoms with Gasteiger partial charge < -0.3 is 9.67 Å². The minimum atomic E-state index is -1.00. The van der Waals surface area contributed by atoms with Gasteiger partial charge in [-0.2, -0.15) is 0 Å². The molecule has 0 aliphatic rings. The van der Waals surface area contributed by atoms with Crippen LogP contribution in [0.5, 0.6) is 0 Å². The van der Waals surface area contributed by atoms with E-state index in [9.17, 15) is 9.59 Å². The molecule has 1 amide bonds. The Kier molecular flexibility index (Phi) is 2.55. The highest BCUT2D eigenvalue weighted by atomic mass is 16.4. The first-order valence-corrected chi connectivity index (χ1v) is 4.96. The van der Waals surface area contributed by atoms with Crippen LogP contribution in [0.2, 0.25) is 0 Å². The van der Waals surface area contributed by atoms with Crippen LogP contribution < -0.4 is 5.32 Å². The first kappa shape index (κ1) is 11.1. The fourth-order valence-electron chi connectivity index (χ4n) is 1.60. The van der Waals surface area contributed by atoms with Gasteiger partial charge in [0, 0.05) is 14.0 Å². The maximum atomic E-state index is 11.0. The number of fused-ring (bicyclic) bond motifs is 1. The Labute approximate surface area is 96.9 Å². The molecular weight excluding hydrogens is 222 g/mol. The highest BCUT2D eigenvalue weighted by molar-refractivity contribution is 5.94. The Morgan fingerprint density at radius 1 is 1.41 bits per heavy atom. The number of imidazole rings is 1. The number of aromatic carboxylic acids is 1. The van der Waals surface area contributed by atoms with Gasteiger partial charge in [0.15, 0.2) is 0 Å². The van der Waals surface area contributed by atoms with Crippen LogP contribution in [0.25, 0.3) is 11.0 Å². The summed E-state index contributed by atoms with van der Waals surface area (Å²) in [7, 11) is 1.75. The van der Waals surface area contributed by atoms with Gasteiger partial charge in [-0.15, -0.1) is 0 Å². The average Bonchev–Trinajstić information content (AvgIpc) is 2.54. The Morgan fingerprint density at radius 2 is 2.12 bits per heavy atom. The van der Waals surface area contributed by atoms with Crippen LogP contribution in [0.3, 0.4) is 0 Å². The number of carboxylic acids is 1. The number of carbonyl (C=O) groups is 2. The average molecular weight is 233 g/mol. The fourth-order valence-corrected chi connectivity index (χ4v) is 1.60. The molecule has 0 radical (unpaired) electrons. The number of hydrogen-bond acceptors (Lipinski definition) is 3. The fraction of sp³-hybridized carbons (Fsp3) is 0.182. The molecule has 1 heterocycles. The lowest BCUT2D eigenvalue weighted by Gasteiger charge is -2.01. The molecule has 2 rings (SSSR count). The molecule has 0 saturated heterocycles. The van der Waals surface area contributed by atoms with Crippen molar-refractivity contribution in [3.63, 3.8) is 0 Å². The first-order chi connectivity index (χ1) is 7.99. The monoisotopic (exact) mass is 233 g/mol. The van der Waals surface area contributed by atoms with Crippen molar-refractivity contribution < 1.29 is 14.7 Å². The number of carboxylic acid groups (broad SMARTS) is 1. The van der Waals surface area contributed by atoms with E-state index < -0.39 is 5.97 Å². The molecule has 6 heteroatoms. The van der Waals surface area contributed by atoms with Crippen molar-refractivity contribution in [1.29, 1.82) is 0 Å². The molecule has 0 bridgehead atoms. The van der Waals surface area contributed by atoms with E-state index in [-0.39, 0.29) is 11.5 Å². The molecule has 0 saturated carbocycles. The summed E-state index contributed by atoms with van der Waals surface area (Å²) in [6, 6.07) is 4.64. The van der Waals surface area contributed by atoms with Crippen molar-refractivity contribution in [2.75, 3.05) is 5.32 Å². The predicted molar refractivity (Wildman–Crippen MR) is 62.0 cm³/mol. The van der Waals surface area contributed by atoms with E-state index in [0.717, 1.165) is 5.52 Å². The van der Waals surface area contributed by atoms with Crippen LogP contribution in [-0.2, 0) is 11.8 Å². The van der Waals surface area contributed by atoms with Gasteiger partial charge in [0.1, 0.15) is 0 Å². The summed E-state index contributed by atoms with van der Waals surface area (Å²) in [5.74, 6) is -0.824. The zero-order valence-electron chi connectivity index (χ0n) is 9.39. The van der Waals surface area contributed by atoms with Crippen molar-refractivity contribution in [2.45, 2.75) is 6.92 Å². The summed E-state index contributed by atoms with van der Waals surface area (Å²) >= 11 is 0. The minimum absolute atomic E-state index is 0.171. The predicted octanol–water partition coefficient (Wildman–Crippen LogP) is 1.23. The molecule has 17 heavy (non-hydrogen) atoms. The summed E-state index contributed by atoms with van der Waals surface area (Å²) in [5.41, 5.74) is 1.47. The van der Waals surface area contributed by atoms with Crippen LogP contribution in [-0.4, -0.2) is 26.5 Å². The third-order valence-corrected chi connectivity index (χ3v) is 2.42.